The number of carbonyl (C=O) groups is 2. The Morgan fingerprint density at radius 2 is 1.67 bits per heavy atom. The van der Waals surface area contributed by atoms with Crippen LogP contribution < -0.4 is 19.4 Å². The number of hydrogen-bond acceptors (Lipinski definition) is 7. The maximum absolute atomic E-state index is 13.8. The molecule has 0 spiro atoms. The number of fused-ring (bicyclic) bond motifs is 1. The van der Waals surface area contributed by atoms with Gasteiger partial charge in [0.05, 0.1) is 31.1 Å². The van der Waals surface area contributed by atoms with Gasteiger partial charge >= 0.3 is 0 Å². The van der Waals surface area contributed by atoms with Crippen LogP contribution in [0.15, 0.2) is 66.7 Å². The molecule has 0 saturated carbocycles. The van der Waals surface area contributed by atoms with E-state index in [2.05, 4.69) is 0 Å². The first-order chi connectivity index (χ1) is 17.4. The zero-order valence-corrected chi connectivity index (χ0v) is 20.5. The van der Waals surface area contributed by atoms with E-state index in [-0.39, 0.29) is 17.4 Å². The topological polar surface area (TPSA) is 88.5 Å². The number of imide groups is 1. The lowest BCUT2D eigenvalue weighted by atomic mass is 9.90. The second-order valence-electron chi connectivity index (χ2n) is 8.58. The maximum Gasteiger partial charge on any atom is 0.266 e. The number of anilines is 2. The Hall–Kier alpha value is -3.75. The Morgan fingerprint density at radius 1 is 0.972 bits per heavy atom. The summed E-state index contributed by atoms with van der Waals surface area (Å²) >= 11 is 6.07. The van der Waals surface area contributed by atoms with Crippen LogP contribution in [-0.2, 0) is 14.4 Å². The molecule has 2 aliphatic rings. The van der Waals surface area contributed by atoms with Crippen molar-refractivity contribution >= 4 is 34.8 Å². The largest absolute Gasteiger partial charge is 0.504 e. The van der Waals surface area contributed by atoms with Crippen molar-refractivity contribution in [1.29, 1.82) is 0 Å². The average Bonchev–Trinajstić information content (AvgIpc) is 3.39. The first-order valence-electron chi connectivity index (χ1n) is 11.6. The number of phenolic OH excluding ortho intramolecular Hbond substituents is 1. The number of aromatic hydroxyl groups is 1. The molecule has 3 atom stereocenters. The molecule has 0 aromatic heterocycles. The Kier molecular flexibility index (Phi) is 6.47. The first-order valence-corrected chi connectivity index (χ1v) is 12.0. The third-order valence-electron chi connectivity index (χ3n) is 6.31. The lowest BCUT2D eigenvalue weighted by molar-refractivity contribution is -0.126. The van der Waals surface area contributed by atoms with Crippen LogP contribution in [0.1, 0.15) is 24.9 Å². The van der Waals surface area contributed by atoms with E-state index < -0.39 is 24.0 Å². The highest BCUT2D eigenvalue weighted by molar-refractivity contribution is 6.30. The van der Waals surface area contributed by atoms with Gasteiger partial charge in [-0.3, -0.25) is 14.4 Å². The molecule has 5 rings (SSSR count). The van der Waals surface area contributed by atoms with Gasteiger partial charge in [0.25, 0.3) is 5.91 Å². The Bertz CT molecular complexity index is 1280. The highest BCUT2D eigenvalue weighted by Crippen LogP contribution is 2.48. The normalized spacial score (nSPS) is 21.1. The summed E-state index contributed by atoms with van der Waals surface area (Å²) in [4.78, 5) is 34.5. The van der Waals surface area contributed by atoms with Crippen LogP contribution in [0.5, 0.6) is 17.2 Å². The minimum absolute atomic E-state index is 0.0319. The van der Waals surface area contributed by atoms with Crippen LogP contribution in [0.3, 0.4) is 0 Å². The molecule has 36 heavy (non-hydrogen) atoms. The number of ether oxygens (including phenoxy) is 2. The number of carbonyl (C=O) groups excluding carboxylic acids is 2. The van der Waals surface area contributed by atoms with Gasteiger partial charge < -0.3 is 14.6 Å². The van der Waals surface area contributed by atoms with E-state index in [1.165, 1.54) is 18.1 Å². The van der Waals surface area contributed by atoms with Crippen LogP contribution >= 0.6 is 11.6 Å². The van der Waals surface area contributed by atoms with Crippen LogP contribution in [0.25, 0.3) is 0 Å². The third kappa shape index (κ3) is 4.12. The lowest BCUT2D eigenvalue weighted by Gasteiger charge is -2.29. The van der Waals surface area contributed by atoms with E-state index in [0.717, 1.165) is 6.42 Å². The molecule has 0 unspecified atom stereocenters. The summed E-state index contributed by atoms with van der Waals surface area (Å²) in [6.45, 7) is 2.60. The van der Waals surface area contributed by atoms with Crippen LogP contribution in [-0.4, -0.2) is 36.7 Å². The van der Waals surface area contributed by atoms with E-state index in [1.807, 2.05) is 6.92 Å². The third-order valence-corrected chi connectivity index (χ3v) is 6.56. The van der Waals surface area contributed by atoms with Crippen molar-refractivity contribution in [3.05, 3.63) is 77.3 Å². The highest BCUT2D eigenvalue weighted by atomic mass is 35.5. The van der Waals surface area contributed by atoms with Gasteiger partial charge in [0.2, 0.25) is 5.91 Å². The number of nitrogens with zero attached hydrogens (tertiary/aromatic N) is 2. The van der Waals surface area contributed by atoms with Gasteiger partial charge in [-0.1, -0.05) is 24.6 Å². The van der Waals surface area contributed by atoms with Crippen molar-refractivity contribution in [2.75, 3.05) is 23.7 Å². The van der Waals surface area contributed by atoms with Gasteiger partial charge in [-0.15, -0.1) is 0 Å². The molecule has 8 nitrogen and oxygen atoms in total. The number of hydrogen-bond donors (Lipinski definition) is 1. The van der Waals surface area contributed by atoms with E-state index >= 15 is 0 Å². The summed E-state index contributed by atoms with van der Waals surface area (Å²) < 4.78 is 10.9. The Labute approximate surface area is 213 Å². The predicted octanol–water partition coefficient (Wildman–Crippen LogP) is 4.89. The van der Waals surface area contributed by atoms with E-state index in [1.54, 1.807) is 65.7 Å². The summed E-state index contributed by atoms with van der Waals surface area (Å²) in [6, 6.07) is 18.0. The minimum Gasteiger partial charge on any atom is -0.504 e. The standard InChI is InChI=1S/C27H25ClN2O6/c1-3-14-35-20-11-9-18(10-12-20)29-26(32)23-24(16-4-13-21(31)22(15-16)34-2)30(36-25(23)27(29)33)19-7-5-17(28)6-8-19/h4-13,15,23-25,31H,3,14H2,1-2H3/t23-,24-,25-/m1/s1. The molecule has 2 heterocycles. The second-order valence-corrected chi connectivity index (χ2v) is 9.02. The number of rotatable bonds is 7. The Balaban J connectivity index is 1.52. The van der Waals surface area contributed by atoms with Crippen LogP contribution in [0, 0.1) is 5.92 Å². The van der Waals surface area contributed by atoms with Gasteiger partial charge in [0.1, 0.15) is 11.7 Å². The van der Waals surface area contributed by atoms with Crippen LogP contribution in [0.4, 0.5) is 11.4 Å². The summed E-state index contributed by atoms with van der Waals surface area (Å²) in [7, 11) is 1.45. The monoisotopic (exact) mass is 508 g/mol. The smallest absolute Gasteiger partial charge is 0.266 e. The van der Waals surface area contributed by atoms with Gasteiger partial charge in [0.15, 0.2) is 17.6 Å². The molecule has 2 saturated heterocycles. The van der Waals surface area contributed by atoms with Crippen molar-refractivity contribution in [2.24, 2.45) is 5.92 Å². The van der Waals surface area contributed by atoms with E-state index in [9.17, 15) is 14.7 Å². The lowest BCUT2D eigenvalue weighted by Crippen LogP contribution is -2.37. The summed E-state index contributed by atoms with van der Waals surface area (Å²) in [5.74, 6) is -0.753. The fraction of sp³-hybridized carbons (Fsp3) is 0.259. The molecule has 1 N–H and O–H groups in total. The van der Waals surface area contributed by atoms with Gasteiger partial charge in [-0.2, -0.15) is 0 Å². The second kappa shape index (κ2) is 9.72. The molecule has 2 fully saturated rings. The molecule has 3 aromatic rings. The van der Waals surface area contributed by atoms with Crippen molar-refractivity contribution in [3.63, 3.8) is 0 Å². The number of halogens is 1. The molecular weight excluding hydrogens is 484 g/mol. The Morgan fingerprint density at radius 3 is 2.33 bits per heavy atom. The highest BCUT2D eigenvalue weighted by Gasteiger charge is 2.60. The van der Waals surface area contributed by atoms with Crippen molar-refractivity contribution in [3.8, 4) is 17.2 Å². The zero-order chi connectivity index (χ0) is 25.4. The fourth-order valence-electron chi connectivity index (χ4n) is 4.61. The number of benzene rings is 3. The van der Waals surface area contributed by atoms with Crippen molar-refractivity contribution < 1.29 is 29.0 Å². The molecule has 0 bridgehead atoms. The molecule has 9 heteroatoms. The fourth-order valence-corrected chi connectivity index (χ4v) is 4.74. The molecule has 3 aromatic carbocycles. The molecule has 2 aliphatic heterocycles. The molecule has 0 aliphatic carbocycles. The SMILES string of the molecule is CCCOc1ccc(N2C(=O)[C@@H]3[C@@H](c4ccc(O)c(OC)c4)N(c4ccc(Cl)cc4)O[C@H]3C2=O)cc1. The molecular formula is C27H25ClN2O6. The van der Waals surface area contributed by atoms with E-state index in [4.69, 9.17) is 25.9 Å². The molecule has 186 valence electrons. The number of phenols is 1. The van der Waals surface area contributed by atoms with Gasteiger partial charge in [0, 0.05) is 5.02 Å². The summed E-state index contributed by atoms with van der Waals surface area (Å²) in [5, 5.41) is 12.2. The number of amides is 2. The number of methoxy groups -OCH3 is 1. The number of hydroxylamine groups is 1. The summed E-state index contributed by atoms with van der Waals surface area (Å²) in [6.07, 6.45) is -0.145. The van der Waals surface area contributed by atoms with Gasteiger partial charge in [-0.05, 0) is 72.6 Å². The molecule has 0 radical (unpaired) electrons. The first kappa shape index (κ1) is 24.0. The van der Waals surface area contributed by atoms with Crippen molar-refractivity contribution in [2.45, 2.75) is 25.5 Å². The van der Waals surface area contributed by atoms with Gasteiger partial charge in [-0.25, -0.2) is 9.96 Å². The molecule has 2 amide bonds. The van der Waals surface area contributed by atoms with Crippen LogP contribution in [0.2, 0.25) is 5.02 Å². The average molecular weight is 509 g/mol. The summed E-state index contributed by atoms with van der Waals surface area (Å²) in [5.41, 5.74) is 1.74. The van der Waals surface area contributed by atoms with Crippen molar-refractivity contribution in [1.82, 2.24) is 0 Å². The zero-order valence-electron chi connectivity index (χ0n) is 19.8. The predicted molar refractivity (Wildman–Crippen MR) is 134 cm³/mol. The minimum atomic E-state index is -1.02. The van der Waals surface area contributed by atoms with E-state index in [0.29, 0.717) is 34.3 Å². The maximum atomic E-state index is 13.8. The quantitative estimate of drug-likeness (QED) is 0.454.